The number of pyridine rings is 2. The average molecular weight is 774 g/mol. The lowest BCUT2D eigenvalue weighted by atomic mass is 9.80. The summed E-state index contributed by atoms with van der Waals surface area (Å²) in [4.78, 5) is 9.78. The second-order valence-electron chi connectivity index (χ2n) is 18.7. The quantitative estimate of drug-likeness (QED) is 0.125. The van der Waals surface area contributed by atoms with E-state index in [-0.39, 0.29) is 16.2 Å². The van der Waals surface area contributed by atoms with Crippen molar-refractivity contribution in [3.05, 3.63) is 169 Å². The summed E-state index contributed by atoms with van der Waals surface area (Å²) in [5.41, 5.74) is 11.2. The fraction of sp³-hybridized carbons (Fsp3) is 0.226. The van der Waals surface area contributed by atoms with E-state index in [1.807, 2.05) is 30.6 Å². The van der Waals surface area contributed by atoms with Gasteiger partial charge in [0.25, 0.3) is 6.33 Å². The lowest BCUT2D eigenvalue weighted by Crippen LogP contribution is -2.31. The number of fused-ring (bicyclic) bond motifs is 4. The minimum Gasteiger partial charge on any atom is -0.458 e. The summed E-state index contributed by atoms with van der Waals surface area (Å²) in [6, 6.07) is 47.1. The van der Waals surface area contributed by atoms with Crippen molar-refractivity contribution >= 4 is 32.8 Å². The molecule has 59 heavy (non-hydrogen) atoms. The van der Waals surface area contributed by atoms with Gasteiger partial charge in [0.05, 0.1) is 27.8 Å². The van der Waals surface area contributed by atoms with Gasteiger partial charge in [-0.15, -0.1) is 0 Å². The van der Waals surface area contributed by atoms with Crippen molar-refractivity contribution in [3.63, 3.8) is 0 Å². The van der Waals surface area contributed by atoms with E-state index in [1.54, 1.807) is 0 Å². The van der Waals surface area contributed by atoms with Crippen molar-refractivity contribution < 1.29 is 9.30 Å². The SMILES string of the molecule is CC(C)(C)c1cc(-[n+]2[c-]n(-c3cc(Oc4ccc5c6ccccc6n(-c6cc(C(C)(C)C)ccn6)c5c4)ccn3)c3cc(-c4ccccc4)ccc32)cc(C(C)(C)C)c1. The summed E-state index contributed by atoms with van der Waals surface area (Å²) in [6.07, 6.45) is 7.46. The van der Waals surface area contributed by atoms with Gasteiger partial charge in [-0.25, -0.2) is 4.98 Å². The summed E-state index contributed by atoms with van der Waals surface area (Å²) in [5, 5.41) is 2.31. The molecule has 0 saturated carbocycles. The maximum absolute atomic E-state index is 6.71. The van der Waals surface area contributed by atoms with E-state index in [0.717, 1.165) is 55.8 Å². The Morgan fingerprint density at radius 2 is 1.14 bits per heavy atom. The molecule has 4 heterocycles. The zero-order chi connectivity index (χ0) is 41.3. The predicted molar refractivity (Wildman–Crippen MR) is 242 cm³/mol. The summed E-state index contributed by atoms with van der Waals surface area (Å²) in [5.74, 6) is 2.99. The first-order chi connectivity index (χ1) is 28.1. The predicted octanol–water partition coefficient (Wildman–Crippen LogP) is 12.9. The second kappa shape index (κ2) is 14.1. The molecule has 0 atom stereocenters. The number of imidazole rings is 1. The first-order valence-corrected chi connectivity index (χ1v) is 20.5. The standard InChI is InChI=1S/C53H51N5O/c1-51(2,3)37-23-25-55-50(31-37)58-45-18-14-13-17-43(45)44-21-20-41(32-47(44)58)59-42-24-26-54-49(33-42)57-34-56(40-29-38(52(4,5)6)28-39(30-40)53(7,8)9)46-22-19-36(27-48(46)57)35-15-11-10-12-16-35/h10-33H,1-9H3. The van der Waals surface area contributed by atoms with Crippen LogP contribution >= 0.6 is 0 Å². The molecular formula is C53H51N5O. The first-order valence-electron chi connectivity index (χ1n) is 20.5. The highest BCUT2D eigenvalue weighted by atomic mass is 16.5. The van der Waals surface area contributed by atoms with E-state index in [1.165, 1.54) is 22.1 Å². The Kier molecular flexibility index (Phi) is 9.08. The van der Waals surface area contributed by atoms with Crippen molar-refractivity contribution in [2.24, 2.45) is 0 Å². The van der Waals surface area contributed by atoms with Crippen LogP contribution in [0.2, 0.25) is 0 Å². The maximum atomic E-state index is 6.71. The number of benzene rings is 5. The Hall–Kier alpha value is -6.53. The third-order valence-corrected chi connectivity index (χ3v) is 11.3. The lowest BCUT2D eigenvalue weighted by Gasteiger charge is -2.26. The topological polar surface area (TPSA) is 48.8 Å². The lowest BCUT2D eigenvalue weighted by molar-refractivity contribution is -0.572. The van der Waals surface area contributed by atoms with Crippen molar-refractivity contribution in [3.8, 4) is 39.9 Å². The van der Waals surface area contributed by atoms with Gasteiger partial charge in [-0.1, -0.05) is 129 Å². The number of rotatable bonds is 6. The molecule has 0 bridgehead atoms. The normalized spacial score (nSPS) is 12.5. The Morgan fingerprint density at radius 3 is 1.86 bits per heavy atom. The molecule has 0 aliphatic rings. The van der Waals surface area contributed by atoms with Crippen LogP contribution in [0.15, 0.2) is 146 Å². The molecule has 0 aliphatic carbocycles. The number of ether oxygens (including phenoxy) is 1. The number of aromatic nitrogens is 5. The van der Waals surface area contributed by atoms with Gasteiger partial charge in [0, 0.05) is 35.3 Å². The van der Waals surface area contributed by atoms with Gasteiger partial charge < -0.3 is 4.74 Å². The van der Waals surface area contributed by atoms with Crippen LogP contribution in [-0.4, -0.2) is 19.1 Å². The highest BCUT2D eigenvalue weighted by Gasteiger charge is 2.23. The zero-order valence-electron chi connectivity index (χ0n) is 35.5. The van der Waals surface area contributed by atoms with Gasteiger partial charge in [0.15, 0.2) is 5.82 Å². The molecule has 0 spiro atoms. The van der Waals surface area contributed by atoms with E-state index in [2.05, 4.69) is 198 Å². The highest BCUT2D eigenvalue weighted by molar-refractivity contribution is 6.09. The zero-order valence-corrected chi connectivity index (χ0v) is 35.5. The van der Waals surface area contributed by atoms with Crippen LogP contribution in [0.1, 0.15) is 79.0 Å². The van der Waals surface area contributed by atoms with Crippen LogP contribution in [0.3, 0.4) is 0 Å². The molecule has 6 nitrogen and oxygen atoms in total. The third kappa shape index (κ3) is 7.18. The second-order valence-corrected chi connectivity index (χ2v) is 18.7. The molecule has 0 radical (unpaired) electrons. The Morgan fingerprint density at radius 1 is 0.492 bits per heavy atom. The van der Waals surface area contributed by atoms with E-state index in [0.29, 0.717) is 11.6 Å². The fourth-order valence-corrected chi connectivity index (χ4v) is 7.88. The van der Waals surface area contributed by atoms with Crippen LogP contribution in [0, 0.1) is 6.33 Å². The Labute approximate surface area is 347 Å². The molecule has 0 fully saturated rings. The first kappa shape index (κ1) is 38.0. The Balaban J connectivity index is 1.17. The number of hydrogen-bond donors (Lipinski definition) is 0. The van der Waals surface area contributed by atoms with Gasteiger partial charge in [0.2, 0.25) is 0 Å². The molecule has 5 aromatic carbocycles. The minimum absolute atomic E-state index is 0.0134. The number of nitrogens with zero attached hydrogens (tertiary/aromatic N) is 5. The molecule has 6 heteroatoms. The van der Waals surface area contributed by atoms with Crippen molar-refractivity contribution in [2.75, 3.05) is 0 Å². The molecule has 0 amide bonds. The van der Waals surface area contributed by atoms with Crippen LogP contribution in [-0.2, 0) is 16.2 Å². The number of hydrogen-bond acceptors (Lipinski definition) is 3. The van der Waals surface area contributed by atoms with Crippen LogP contribution in [0.4, 0.5) is 0 Å². The summed E-state index contributed by atoms with van der Waals surface area (Å²) in [7, 11) is 0. The summed E-state index contributed by atoms with van der Waals surface area (Å²) < 4.78 is 13.2. The van der Waals surface area contributed by atoms with Gasteiger partial charge in [0.1, 0.15) is 17.3 Å². The molecule has 9 aromatic rings. The smallest absolute Gasteiger partial charge is 0.271 e. The molecular weight excluding hydrogens is 723 g/mol. The summed E-state index contributed by atoms with van der Waals surface area (Å²) >= 11 is 0. The van der Waals surface area contributed by atoms with Crippen LogP contribution < -0.4 is 9.30 Å². The van der Waals surface area contributed by atoms with E-state index < -0.39 is 0 Å². The van der Waals surface area contributed by atoms with E-state index in [9.17, 15) is 0 Å². The largest absolute Gasteiger partial charge is 0.458 e. The van der Waals surface area contributed by atoms with Gasteiger partial charge in [-0.3, -0.25) is 18.7 Å². The van der Waals surface area contributed by atoms with Crippen LogP contribution in [0.5, 0.6) is 11.5 Å². The van der Waals surface area contributed by atoms with E-state index >= 15 is 0 Å². The average Bonchev–Trinajstić information content (AvgIpc) is 3.76. The molecule has 0 saturated heterocycles. The fourth-order valence-electron chi connectivity index (χ4n) is 7.88. The minimum atomic E-state index is -0.0347. The molecule has 294 valence electrons. The third-order valence-electron chi connectivity index (χ3n) is 11.3. The monoisotopic (exact) mass is 773 g/mol. The van der Waals surface area contributed by atoms with Crippen molar-refractivity contribution in [1.82, 2.24) is 19.1 Å². The van der Waals surface area contributed by atoms with Crippen LogP contribution in [0.25, 0.3) is 61.3 Å². The van der Waals surface area contributed by atoms with Crippen molar-refractivity contribution in [2.45, 2.75) is 78.6 Å². The molecule has 4 aromatic heterocycles. The highest BCUT2D eigenvalue weighted by Crippen LogP contribution is 2.37. The number of para-hydroxylation sites is 1. The van der Waals surface area contributed by atoms with E-state index in [4.69, 9.17) is 14.7 Å². The summed E-state index contributed by atoms with van der Waals surface area (Å²) in [6.45, 7) is 20.3. The molecule has 9 rings (SSSR count). The maximum Gasteiger partial charge on any atom is 0.271 e. The molecule has 0 N–H and O–H groups in total. The van der Waals surface area contributed by atoms with Crippen molar-refractivity contribution in [1.29, 1.82) is 0 Å². The molecule has 0 aliphatic heterocycles. The molecule has 0 unspecified atom stereocenters. The van der Waals surface area contributed by atoms with Gasteiger partial charge in [-0.05, 0) is 98.7 Å². The van der Waals surface area contributed by atoms with Gasteiger partial charge in [-0.2, -0.15) is 0 Å². The van der Waals surface area contributed by atoms with Gasteiger partial charge >= 0.3 is 0 Å². The Bertz CT molecular complexity index is 2990.